The standard InChI is InChI=1S/C24H23N5OS/c30-24(26-15-21-27-19(16-31-21)17-10-12-25-13-11-17)22-20-9-5-2-6-14-29(20)23(28-22)18-7-3-1-4-8-18/h1,3-4,7-8,10-13,16H,2,5-6,9,14-15H2,(H,26,30). The van der Waals surface area contributed by atoms with Gasteiger partial charge in [-0.3, -0.25) is 9.78 Å². The summed E-state index contributed by atoms with van der Waals surface area (Å²) in [6.07, 6.45) is 7.76. The van der Waals surface area contributed by atoms with E-state index in [0.29, 0.717) is 12.2 Å². The number of fused-ring (bicyclic) bond motifs is 1. The largest absolute Gasteiger partial charge is 0.344 e. The van der Waals surface area contributed by atoms with E-state index >= 15 is 0 Å². The maximum atomic E-state index is 13.1. The van der Waals surface area contributed by atoms with Gasteiger partial charge in [0.05, 0.1) is 17.9 Å². The Morgan fingerprint density at radius 2 is 1.84 bits per heavy atom. The van der Waals surface area contributed by atoms with Crippen LogP contribution < -0.4 is 5.32 Å². The third-order valence-electron chi connectivity index (χ3n) is 5.54. The first-order valence-corrected chi connectivity index (χ1v) is 11.5. The third kappa shape index (κ3) is 4.14. The van der Waals surface area contributed by atoms with Crippen molar-refractivity contribution in [1.82, 2.24) is 24.8 Å². The number of carbonyl (C=O) groups excluding carboxylic acids is 1. The molecule has 0 spiro atoms. The maximum absolute atomic E-state index is 13.1. The fourth-order valence-corrected chi connectivity index (χ4v) is 4.74. The Labute approximate surface area is 185 Å². The molecule has 0 unspecified atom stereocenters. The molecule has 1 amide bonds. The lowest BCUT2D eigenvalue weighted by Crippen LogP contribution is -2.24. The molecule has 3 aromatic heterocycles. The number of thiazole rings is 1. The molecule has 7 heteroatoms. The number of imidazole rings is 1. The second-order valence-electron chi connectivity index (χ2n) is 7.60. The van der Waals surface area contributed by atoms with Gasteiger partial charge < -0.3 is 9.88 Å². The summed E-state index contributed by atoms with van der Waals surface area (Å²) >= 11 is 1.54. The highest BCUT2D eigenvalue weighted by atomic mass is 32.1. The minimum absolute atomic E-state index is 0.131. The van der Waals surface area contributed by atoms with Crippen molar-refractivity contribution >= 4 is 17.2 Å². The van der Waals surface area contributed by atoms with Crippen LogP contribution in [0.15, 0.2) is 60.2 Å². The van der Waals surface area contributed by atoms with Crippen LogP contribution in [0.1, 0.15) is 40.5 Å². The molecule has 4 heterocycles. The Balaban J connectivity index is 1.37. The molecule has 1 N–H and O–H groups in total. The van der Waals surface area contributed by atoms with Crippen LogP contribution in [-0.2, 0) is 19.5 Å². The van der Waals surface area contributed by atoms with Gasteiger partial charge in [-0.15, -0.1) is 11.3 Å². The number of hydrogen-bond acceptors (Lipinski definition) is 5. The van der Waals surface area contributed by atoms with Gasteiger partial charge in [0.2, 0.25) is 0 Å². The summed E-state index contributed by atoms with van der Waals surface area (Å²) in [5.41, 5.74) is 4.57. The fourth-order valence-electron chi connectivity index (χ4n) is 4.00. The molecule has 31 heavy (non-hydrogen) atoms. The number of nitrogens with zero attached hydrogens (tertiary/aromatic N) is 4. The van der Waals surface area contributed by atoms with Crippen molar-refractivity contribution in [3.05, 3.63) is 76.6 Å². The van der Waals surface area contributed by atoms with E-state index < -0.39 is 0 Å². The van der Waals surface area contributed by atoms with Crippen LogP contribution in [0.3, 0.4) is 0 Å². The summed E-state index contributed by atoms with van der Waals surface area (Å²) < 4.78 is 2.24. The second-order valence-corrected chi connectivity index (χ2v) is 8.55. The van der Waals surface area contributed by atoms with Gasteiger partial charge in [0.1, 0.15) is 16.5 Å². The molecule has 1 aromatic carbocycles. The molecule has 156 valence electrons. The zero-order chi connectivity index (χ0) is 21.0. The van der Waals surface area contributed by atoms with Crippen LogP contribution >= 0.6 is 11.3 Å². The molecule has 5 rings (SSSR count). The van der Waals surface area contributed by atoms with E-state index in [-0.39, 0.29) is 5.91 Å². The van der Waals surface area contributed by atoms with Crippen LogP contribution in [0, 0.1) is 0 Å². The molecule has 0 radical (unpaired) electrons. The Morgan fingerprint density at radius 3 is 2.68 bits per heavy atom. The fraction of sp³-hybridized carbons (Fsp3) is 0.250. The Hall–Kier alpha value is -3.32. The monoisotopic (exact) mass is 429 g/mol. The molecular formula is C24H23N5OS. The van der Waals surface area contributed by atoms with E-state index in [2.05, 4.69) is 32.0 Å². The minimum atomic E-state index is -0.131. The number of pyridine rings is 1. The van der Waals surface area contributed by atoms with Crippen LogP contribution in [0.25, 0.3) is 22.6 Å². The predicted octanol–water partition coefficient (Wildman–Crippen LogP) is 4.73. The van der Waals surface area contributed by atoms with Crippen molar-refractivity contribution in [1.29, 1.82) is 0 Å². The van der Waals surface area contributed by atoms with Crippen LogP contribution in [0.2, 0.25) is 0 Å². The van der Waals surface area contributed by atoms with E-state index in [1.807, 2.05) is 35.7 Å². The summed E-state index contributed by atoms with van der Waals surface area (Å²) in [7, 11) is 0. The van der Waals surface area contributed by atoms with Crippen molar-refractivity contribution < 1.29 is 4.79 Å². The van der Waals surface area contributed by atoms with Gasteiger partial charge in [-0.2, -0.15) is 0 Å². The Kier molecular flexibility index (Phi) is 5.58. The molecule has 0 fully saturated rings. The van der Waals surface area contributed by atoms with E-state index in [1.165, 1.54) is 6.42 Å². The lowest BCUT2D eigenvalue weighted by atomic mass is 10.1. The highest BCUT2D eigenvalue weighted by molar-refractivity contribution is 7.09. The smallest absolute Gasteiger partial charge is 0.272 e. The van der Waals surface area contributed by atoms with Crippen molar-refractivity contribution in [2.24, 2.45) is 0 Å². The quantitative estimate of drug-likeness (QED) is 0.498. The van der Waals surface area contributed by atoms with Gasteiger partial charge in [-0.25, -0.2) is 9.97 Å². The normalized spacial score (nSPS) is 13.4. The van der Waals surface area contributed by atoms with Crippen molar-refractivity contribution in [3.63, 3.8) is 0 Å². The first-order valence-electron chi connectivity index (χ1n) is 10.6. The van der Waals surface area contributed by atoms with Gasteiger partial charge in [0.15, 0.2) is 0 Å². The van der Waals surface area contributed by atoms with E-state index in [9.17, 15) is 4.79 Å². The number of carbonyl (C=O) groups is 1. The number of amides is 1. The van der Waals surface area contributed by atoms with Gasteiger partial charge in [0.25, 0.3) is 5.91 Å². The minimum Gasteiger partial charge on any atom is -0.344 e. The topological polar surface area (TPSA) is 72.7 Å². The maximum Gasteiger partial charge on any atom is 0.272 e. The molecule has 0 aliphatic carbocycles. The molecule has 6 nitrogen and oxygen atoms in total. The molecule has 0 saturated carbocycles. The molecular weight excluding hydrogens is 406 g/mol. The number of aromatic nitrogens is 4. The lowest BCUT2D eigenvalue weighted by molar-refractivity contribution is 0.0945. The predicted molar refractivity (Wildman–Crippen MR) is 122 cm³/mol. The Morgan fingerprint density at radius 1 is 1.00 bits per heavy atom. The SMILES string of the molecule is O=C(NCc1nc(-c2ccncc2)cs1)c1nc(-c2ccccc2)n2c1CCCCC2. The van der Waals surface area contributed by atoms with Crippen molar-refractivity contribution in [2.75, 3.05) is 0 Å². The van der Waals surface area contributed by atoms with Gasteiger partial charge >= 0.3 is 0 Å². The summed E-state index contributed by atoms with van der Waals surface area (Å²) in [4.78, 5) is 26.6. The molecule has 0 saturated heterocycles. The first-order chi connectivity index (χ1) is 15.3. The second kappa shape index (κ2) is 8.81. The van der Waals surface area contributed by atoms with Gasteiger partial charge in [0, 0.05) is 35.4 Å². The number of benzene rings is 1. The van der Waals surface area contributed by atoms with Crippen molar-refractivity contribution in [3.8, 4) is 22.6 Å². The average molecular weight is 430 g/mol. The van der Waals surface area contributed by atoms with E-state index in [1.54, 1.807) is 23.7 Å². The molecule has 1 aliphatic rings. The van der Waals surface area contributed by atoms with Gasteiger partial charge in [-0.1, -0.05) is 36.8 Å². The third-order valence-corrected chi connectivity index (χ3v) is 6.39. The van der Waals surface area contributed by atoms with E-state index in [4.69, 9.17) is 4.98 Å². The van der Waals surface area contributed by atoms with Gasteiger partial charge in [-0.05, 0) is 31.4 Å². The number of hydrogen-bond donors (Lipinski definition) is 1. The Bertz CT molecular complexity index is 1180. The lowest BCUT2D eigenvalue weighted by Gasteiger charge is -2.08. The van der Waals surface area contributed by atoms with Crippen LogP contribution in [0.4, 0.5) is 0 Å². The summed E-state index contributed by atoms with van der Waals surface area (Å²) in [5.74, 6) is 0.755. The summed E-state index contributed by atoms with van der Waals surface area (Å²) in [6.45, 7) is 1.29. The van der Waals surface area contributed by atoms with Crippen molar-refractivity contribution in [2.45, 2.75) is 38.8 Å². The zero-order valence-corrected chi connectivity index (χ0v) is 17.9. The molecule has 0 atom stereocenters. The van der Waals surface area contributed by atoms with Crippen LogP contribution in [-0.4, -0.2) is 25.4 Å². The molecule has 4 aromatic rings. The zero-order valence-electron chi connectivity index (χ0n) is 17.1. The summed E-state index contributed by atoms with van der Waals surface area (Å²) in [6, 6.07) is 14.0. The molecule has 0 bridgehead atoms. The average Bonchev–Trinajstić information content (AvgIpc) is 3.37. The van der Waals surface area contributed by atoms with E-state index in [0.717, 1.165) is 59.2 Å². The van der Waals surface area contributed by atoms with Crippen LogP contribution in [0.5, 0.6) is 0 Å². The highest BCUT2D eigenvalue weighted by Gasteiger charge is 2.24. The molecule has 1 aliphatic heterocycles. The first kappa shape index (κ1) is 19.6. The number of nitrogens with one attached hydrogen (secondary N) is 1. The summed E-state index contributed by atoms with van der Waals surface area (Å²) in [5, 5.41) is 5.91. The number of rotatable bonds is 5. The highest BCUT2D eigenvalue weighted by Crippen LogP contribution is 2.27.